The molecule has 7 heteroatoms. The molecule has 0 aliphatic rings. The van der Waals surface area contributed by atoms with Crippen LogP contribution in [0, 0.1) is 0 Å². The Labute approximate surface area is 136 Å². The molecule has 124 valence electrons. The standard InChI is InChI=1S/C15H25N3O3S/c1-16-15(17-8-9-22-5)18-10-11-6-7-12(19-2)14(21-4)13(11)20-3/h6-7H,8-10H2,1-5H3,(H2,16,17,18). The second-order valence-electron chi connectivity index (χ2n) is 4.34. The molecule has 0 heterocycles. The summed E-state index contributed by atoms with van der Waals surface area (Å²) >= 11 is 1.79. The number of benzene rings is 1. The Hall–Kier alpha value is -1.76. The Morgan fingerprint density at radius 2 is 1.82 bits per heavy atom. The number of hydrogen-bond donors (Lipinski definition) is 2. The van der Waals surface area contributed by atoms with Gasteiger partial charge < -0.3 is 24.8 Å². The average molecular weight is 327 g/mol. The van der Waals surface area contributed by atoms with E-state index < -0.39 is 0 Å². The molecule has 0 spiro atoms. The topological polar surface area (TPSA) is 64.1 Å². The second kappa shape index (κ2) is 10.0. The van der Waals surface area contributed by atoms with Crippen molar-refractivity contribution in [2.45, 2.75) is 6.54 Å². The predicted octanol–water partition coefficient (Wildman–Crippen LogP) is 1.74. The number of ether oxygens (including phenoxy) is 3. The van der Waals surface area contributed by atoms with Gasteiger partial charge in [0, 0.05) is 31.5 Å². The number of hydrogen-bond acceptors (Lipinski definition) is 5. The fourth-order valence-corrected chi connectivity index (χ4v) is 2.28. The van der Waals surface area contributed by atoms with Gasteiger partial charge in [0.1, 0.15) is 0 Å². The third kappa shape index (κ3) is 4.91. The van der Waals surface area contributed by atoms with Crippen molar-refractivity contribution >= 4 is 17.7 Å². The van der Waals surface area contributed by atoms with Crippen LogP contribution in [0.5, 0.6) is 17.2 Å². The highest BCUT2D eigenvalue weighted by atomic mass is 32.2. The molecule has 0 radical (unpaired) electrons. The monoisotopic (exact) mass is 327 g/mol. The van der Waals surface area contributed by atoms with E-state index in [-0.39, 0.29) is 0 Å². The largest absolute Gasteiger partial charge is 0.493 e. The quantitative estimate of drug-likeness (QED) is 0.431. The van der Waals surface area contributed by atoms with E-state index in [0.29, 0.717) is 23.8 Å². The van der Waals surface area contributed by atoms with Gasteiger partial charge in [-0.05, 0) is 18.4 Å². The van der Waals surface area contributed by atoms with Crippen LogP contribution < -0.4 is 24.8 Å². The fraction of sp³-hybridized carbons (Fsp3) is 0.533. The molecular weight excluding hydrogens is 302 g/mol. The van der Waals surface area contributed by atoms with Crippen molar-refractivity contribution in [1.29, 1.82) is 0 Å². The Balaban J connectivity index is 2.80. The van der Waals surface area contributed by atoms with Crippen molar-refractivity contribution in [3.8, 4) is 17.2 Å². The fourth-order valence-electron chi connectivity index (χ4n) is 1.97. The minimum absolute atomic E-state index is 0.572. The van der Waals surface area contributed by atoms with Gasteiger partial charge in [-0.2, -0.15) is 11.8 Å². The maximum atomic E-state index is 5.47. The van der Waals surface area contributed by atoms with Crippen molar-refractivity contribution < 1.29 is 14.2 Å². The summed E-state index contributed by atoms with van der Waals surface area (Å²) in [5, 5.41) is 6.51. The smallest absolute Gasteiger partial charge is 0.203 e. The van der Waals surface area contributed by atoms with Crippen LogP contribution in [0.2, 0.25) is 0 Å². The lowest BCUT2D eigenvalue weighted by molar-refractivity contribution is 0.322. The average Bonchev–Trinajstić information content (AvgIpc) is 2.56. The Kier molecular flexibility index (Phi) is 8.35. The van der Waals surface area contributed by atoms with Crippen LogP contribution in [0.4, 0.5) is 0 Å². The first-order valence-electron chi connectivity index (χ1n) is 6.93. The minimum Gasteiger partial charge on any atom is -0.493 e. The van der Waals surface area contributed by atoms with E-state index in [9.17, 15) is 0 Å². The summed E-state index contributed by atoms with van der Waals surface area (Å²) in [5.74, 6) is 3.68. The molecule has 0 amide bonds. The zero-order chi connectivity index (χ0) is 16.4. The van der Waals surface area contributed by atoms with Gasteiger partial charge in [-0.1, -0.05) is 0 Å². The van der Waals surface area contributed by atoms with Crippen molar-refractivity contribution in [1.82, 2.24) is 10.6 Å². The Morgan fingerprint density at radius 1 is 1.09 bits per heavy atom. The molecule has 22 heavy (non-hydrogen) atoms. The molecule has 0 saturated heterocycles. The number of methoxy groups -OCH3 is 3. The van der Waals surface area contributed by atoms with E-state index in [1.165, 1.54) is 0 Å². The van der Waals surface area contributed by atoms with E-state index in [1.54, 1.807) is 40.1 Å². The first-order chi connectivity index (χ1) is 10.7. The summed E-state index contributed by atoms with van der Waals surface area (Å²) in [6.45, 7) is 1.44. The first kappa shape index (κ1) is 18.3. The summed E-state index contributed by atoms with van der Waals surface area (Å²) in [6.07, 6.45) is 2.08. The molecule has 1 aromatic rings. The Morgan fingerprint density at radius 3 is 2.36 bits per heavy atom. The van der Waals surface area contributed by atoms with Gasteiger partial charge in [-0.25, -0.2) is 0 Å². The molecule has 0 aliphatic heterocycles. The highest BCUT2D eigenvalue weighted by molar-refractivity contribution is 7.98. The van der Waals surface area contributed by atoms with Crippen LogP contribution in [0.1, 0.15) is 5.56 Å². The van der Waals surface area contributed by atoms with Crippen LogP contribution in [0.25, 0.3) is 0 Å². The normalized spacial score (nSPS) is 11.0. The van der Waals surface area contributed by atoms with Crippen molar-refractivity contribution in [2.24, 2.45) is 4.99 Å². The number of nitrogens with zero attached hydrogens (tertiary/aromatic N) is 1. The molecule has 0 unspecified atom stereocenters. The number of nitrogens with one attached hydrogen (secondary N) is 2. The molecule has 0 fully saturated rings. The zero-order valence-corrected chi connectivity index (χ0v) is 14.7. The lowest BCUT2D eigenvalue weighted by Crippen LogP contribution is -2.38. The summed E-state index contributed by atoms with van der Waals surface area (Å²) in [5.41, 5.74) is 0.966. The number of aliphatic imine (C=N–C) groups is 1. The third-order valence-corrected chi connectivity index (χ3v) is 3.67. The van der Waals surface area contributed by atoms with Gasteiger partial charge in [-0.3, -0.25) is 4.99 Å². The van der Waals surface area contributed by atoms with E-state index in [4.69, 9.17) is 14.2 Å². The molecule has 0 saturated carbocycles. The van der Waals surface area contributed by atoms with Crippen LogP contribution in [0.3, 0.4) is 0 Å². The SMILES string of the molecule is CN=C(NCCSC)NCc1ccc(OC)c(OC)c1OC. The molecule has 1 rings (SSSR count). The number of rotatable bonds is 8. The summed E-state index contributed by atoms with van der Waals surface area (Å²) in [4.78, 5) is 4.20. The lowest BCUT2D eigenvalue weighted by Gasteiger charge is -2.17. The molecule has 0 aliphatic carbocycles. The van der Waals surface area contributed by atoms with Gasteiger partial charge >= 0.3 is 0 Å². The van der Waals surface area contributed by atoms with Gasteiger partial charge in [0.05, 0.1) is 21.3 Å². The second-order valence-corrected chi connectivity index (χ2v) is 5.32. The van der Waals surface area contributed by atoms with E-state index >= 15 is 0 Å². The molecular formula is C15H25N3O3S. The summed E-state index contributed by atoms with van der Waals surface area (Å²) < 4.78 is 16.1. The Bertz CT molecular complexity index is 495. The zero-order valence-electron chi connectivity index (χ0n) is 13.9. The van der Waals surface area contributed by atoms with E-state index in [0.717, 1.165) is 23.8 Å². The number of guanidine groups is 1. The van der Waals surface area contributed by atoms with Gasteiger partial charge in [0.25, 0.3) is 0 Å². The molecule has 2 N–H and O–H groups in total. The van der Waals surface area contributed by atoms with Crippen LogP contribution in [-0.2, 0) is 6.54 Å². The van der Waals surface area contributed by atoms with Gasteiger partial charge in [0.2, 0.25) is 5.75 Å². The molecule has 1 aromatic carbocycles. The molecule has 0 aromatic heterocycles. The van der Waals surface area contributed by atoms with Crippen molar-refractivity contribution in [2.75, 3.05) is 46.9 Å². The molecule has 0 atom stereocenters. The number of thioether (sulfide) groups is 1. The third-order valence-electron chi connectivity index (χ3n) is 3.05. The highest BCUT2D eigenvalue weighted by Crippen LogP contribution is 2.39. The van der Waals surface area contributed by atoms with Crippen LogP contribution in [0.15, 0.2) is 17.1 Å². The minimum atomic E-state index is 0.572. The maximum absolute atomic E-state index is 5.47. The molecule has 0 bridgehead atoms. The van der Waals surface area contributed by atoms with Crippen LogP contribution in [-0.4, -0.2) is 52.9 Å². The highest BCUT2D eigenvalue weighted by Gasteiger charge is 2.15. The lowest BCUT2D eigenvalue weighted by atomic mass is 10.1. The van der Waals surface area contributed by atoms with Crippen molar-refractivity contribution in [3.63, 3.8) is 0 Å². The summed E-state index contributed by atoms with van der Waals surface area (Å²) in [7, 11) is 6.57. The van der Waals surface area contributed by atoms with Gasteiger partial charge in [-0.15, -0.1) is 0 Å². The van der Waals surface area contributed by atoms with Crippen LogP contribution >= 0.6 is 11.8 Å². The van der Waals surface area contributed by atoms with E-state index in [1.807, 2.05) is 12.1 Å². The first-order valence-corrected chi connectivity index (χ1v) is 8.32. The molecule has 6 nitrogen and oxygen atoms in total. The summed E-state index contributed by atoms with van der Waals surface area (Å²) in [6, 6.07) is 3.81. The van der Waals surface area contributed by atoms with Gasteiger partial charge in [0.15, 0.2) is 17.5 Å². The van der Waals surface area contributed by atoms with Crippen molar-refractivity contribution in [3.05, 3.63) is 17.7 Å². The van der Waals surface area contributed by atoms with E-state index in [2.05, 4.69) is 21.9 Å². The predicted molar refractivity (Wildman–Crippen MR) is 92.7 cm³/mol. The maximum Gasteiger partial charge on any atom is 0.203 e.